The maximum atomic E-state index is 11.2. The van der Waals surface area contributed by atoms with Crippen LogP contribution in [0.2, 0.25) is 5.02 Å². The molecule has 0 unspecified atom stereocenters. The minimum Gasteiger partial charge on any atom is -0.481 e. The number of aromatic nitrogens is 4. The zero-order valence-corrected chi connectivity index (χ0v) is 13.2. The maximum absolute atomic E-state index is 11.2. The highest BCUT2D eigenvalue weighted by molar-refractivity contribution is 9.10. The van der Waals surface area contributed by atoms with Crippen LogP contribution in [0.15, 0.2) is 22.7 Å². The van der Waals surface area contributed by atoms with Gasteiger partial charge in [0.2, 0.25) is 0 Å². The fourth-order valence-corrected chi connectivity index (χ4v) is 2.37. The molecule has 20 heavy (non-hydrogen) atoms. The summed E-state index contributed by atoms with van der Waals surface area (Å²) >= 11 is 9.50. The zero-order valence-electron chi connectivity index (χ0n) is 10.8. The Balaban J connectivity index is 2.41. The highest BCUT2D eigenvalue weighted by Crippen LogP contribution is 2.30. The van der Waals surface area contributed by atoms with E-state index in [-0.39, 0.29) is 6.54 Å². The van der Waals surface area contributed by atoms with Crippen LogP contribution in [0.5, 0.6) is 0 Å². The lowest BCUT2D eigenvalue weighted by atomic mass is 9.94. The van der Waals surface area contributed by atoms with E-state index < -0.39 is 11.4 Å². The third kappa shape index (κ3) is 2.99. The number of hydrogen-bond donors (Lipinski definition) is 1. The van der Waals surface area contributed by atoms with Gasteiger partial charge in [-0.25, -0.2) is 4.68 Å². The van der Waals surface area contributed by atoms with E-state index in [9.17, 15) is 9.90 Å². The molecule has 0 radical (unpaired) electrons. The van der Waals surface area contributed by atoms with Gasteiger partial charge in [-0.15, -0.1) is 5.10 Å². The van der Waals surface area contributed by atoms with E-state index in [0.717, 1.165) is 4.47 Å². The predicted molar refractivity (Wildman–Crippen MR) is 77.4 cm³/mol. The Labute approximate surface area is 128 Å². The fourth-order valence-electron chi connectivity index (χ4n) is 1.62. The van der Waals surface area contributed by atoms with Crippen LogP contribution in [0.1, 0.15) is 13.8 Å². The van der Waals surface area contributed by atoms with Crippen LogP contribution in [0, 0.1) is 5.41 Å². The van der Waals surface area contributed by atoms with Gasteiger partial charge in [-0.05, 0) is 42.5 Å². The second kappa shape index (κ2) is 5.49. The number of rotatable bonds is 4. The smallest absolute Gasteiger partial charge is 0.310 e. The van der Waals surface area contributed by atoms with Crippen LogP contribution >= 0.6 is 27.5 Å². The molecule has 106 valence electrons. The van der Waals surface area contributed by atoms with Crippen molar-refractivity contribution in [3.05, 3.63) is 27.7 Å². The molecule has 1 heterocycles. The molecule has 8 heteroatoms. The topological polar surface area (TPSA) is 80.9 Å². The summed E-state index contributed by atoms with van der Waals surface area (Å²) in [6.07, 6.45) is 0. The number of hydrogen-bond acceptors (Lipinski definition) is 4. The molecule has 0 amide bonds. The quantitative estimate of drug-likeness (QED) is 0.908. The van der Waals surface area contributed by atoms with Crippen LogP contribution in [0.3, 0.4) is 0 Å². The molecule has 0 saturated carbocycles. The molecule has 2 aromatic rings. The number of carbonyl (C=O) groups is 1. The number of aliphatic carboxylic acids is 1. The van der Waals surface area contributed by atoms with E-state index in [2.05, 4.69) is 31.5 Å². The molecule has 1 aromatic heterocycles. The van der Waals surface area contributed by atoms with Crippen LogP contribution < -0.4 is 0 Å². The standard InChI is InChI=1S/C12H12BrClN4O2/c1-12(2,11(19)20)6-18-10(15-16-17-18)8-4-3-7(13)5-9(8)14/h3-5H,6H2,1-2H3,(H,19,20). The Bertz CT molecular complexity index is 657. The molecule has 1 aromatic carbocycles. The van der Waals surface area contributed by atoms with Crippen molar-refractivity contribution >= 4 is 33.5 Å². The van der Waals surface area contributed by atoms with Gasteiger partial charge in [-0.2, -0.15) is 0 Å². The van der Waals surface area contributed by atoms with Crippen molar-refractivity contribution in [1.29, 1.82) is 0 Å². The number of carboxylic acids is 1. The summed E-state index contributed by atoms with van der Waals surface area (Å²) in [7, 11) is 0. The van der Waals surface area contributed by atoms with Gasteiger partial charge in [0, 0.05) is 10.0 Å². The van der Waals surface area contributed by atoms with Crippen LogP contribution in [0.25, 0.3) is 11.4 Å². The van der Waals surface area contributed by atoms with E-state index >= 15 is 0 Å². The summed E-state index contributed by atoms with van der Waals surface area (Å²) < 4.78 is 2.29. The molecule has 0 fully saturated rings. The van der Waals surface area contributed by atoms with E-state index in [1.165, 1.54) is 4.68 Å². The van der Waals surface area contributed by atoms with E-state index in [4.69, 9.17) is 11.6 Å². The molecular weight excluding hydrogens is 348 g/mol. The molecule has 0 atom stereocenters. The van der Waals surface area contributed by atoms with Gasteiger partial charge < -0.3 is 5.11 Å². The molecule has 0 aliphatic heterocycles. The first kappa shape index (κ1) is 14.9. The summed E-state index contributed by atoms with van der Waals surface area (Å²) in [5.74, 6) is -0.474. The number of halogens is 2. The molecule has 0 aliphatic rings. The van der Waals surface area contributed by atoms with Gasteiger partial charge in [0.15, 0.2) is 5.82 Å². The lowest BCUT2D eigenvalue weighted by Crippen LogP contribution is -2.30. The third-order valence-electron chi connectivity index (χ3n) is 2.83. The Morgan fingerprint density at radius 2 is 2.20 bits per heavy atom. The van der Waals surface area contributed by atoms with Crippen LogP contribution in [-0.2, 0) is 11.3 Å². The molecule has 6 nitrogen and oxygen atoms in total. The first-order valence-electron chi connectivity index (χ1n) is 5.76. The van der Waals surface area contributed by atoms with Crippen molar-refractivity contribution in [2.24, 2.45) is 5.41 Å². The highest BCUT2D eigenvalue weighted by Gasteiger charge is 2.30. The predicted octanol–water partition coefficient (Wildman–Crippen LogP) is 2.87. The lowest BCUT2D eigenvalue weighted by Gasteiger charge is -2.19. The molecule has 0 bridgehead atoms. The first-order valence-corrected chi connectivity index (χ1v) is 6.93. The average molecular weight is 360 g/mol. The summed E-state index contributed by atoms with van der Waals surface area (Å²) in [6.45, 7) is 3.38. The van der Waals surface area contributed by atoms with Gasteiger partial charge in [-0.3, -0.25) is 4.79 Å². The lowest BCUT2D eigenvalue weighted by molar-refractivity contribution is -0.147. The summed E-state index contributed by atoms with van der Waals surface area (Å²) in [6, 6.07) is 5.34. The Kier molecular flexibility index (Phi) is 4.10. The van der Waals surface area contributed by atoms with Crippen molar-refractivity contribution in [2.45, 2.75) is 20.4 Å². The third-order valence-corrected chi connectivity index (χ3v) is 3.63. The molecular formula is C12H12BrClN4O2. The molecule has 0 aliphatic carbocycles. The van der Waals surface area contributed by atoms with E-state index in [1.54, 1.807) is 26.0 Å². The molecule has 0 spiro atoms. The number of carboxylic acid groups (broad SMARTS) is 1. The van der Waals surface area contributed by atoms with Gasteiger partial charge in [0.25, 0.3) is 0 Å². The maximum Gasteiger partial charge on any atom is 0.310 e. The Hall–Kier alpha value is -1.47. The SMILES string of the molecule is CC(C)(Cn1nnnc1-c1ccc(Br)cc1Cl)C(=O)O. The van der Waals surface area contributed by atoms with Gasteiger partial charge in [0.05, 0.1) is 17.0 Å². The number of tetrazole rings is 1. The van der Waals surface area contributed by atoms with Crippen molar-refractivity contribution in [3.63, 3.8) is 0 Å². The minimum absolute atomic E-state index is 0.150. The number of nitrogens with zero attached hydrogens (tertiary/aromatic N) is 4. The largest absolute Gasteiger partial charge is 0.481 e. The van der Waals surface area contributed by atoms with Gasteiger partial charge >= 0.3 is 5.97 Å². The van der Waals surface area contributed by atoms with Crippen molar-refractivity contribution in [1.82, 2.24) is 20.2 Å². The highest BCUT2D eigenvalue weighted by atomic mass is 79.9. The average Bonchev–Trinajstić information content (AvgIpc) is 2.76. The van der Waals surface area contributed by atoms with Gasteiger partial charge in [0.1, 0.15) is 0 Å². The van der Waals surface area contributed by atoms with Gasteiger partial charge in [-0.1, -0.05) is 27.5 Å². The summed E-state index contributed by atoms with van der Waals surface area (Å²) in [5, 5.41) is 21.0. The zero-order chi connectivity index (χ0) is 14.9. The van der Waals surface area contributed by atoms with Crippen molar-refractivity contribution in [2.75, 3.05) is 0 Å². The summed E-state index contributed by atoms with van der Waals surface area (Å²) in [4.78, 5) is 11.2. The number of benzene rings is 1. The van der Waals surface area contributed by atoms with E-state index in [1.807, 2.05) is 6.07 Å². The first-order chi connectivity index (χ1) is 9.31. The summed E-state index contributed by atoms with van der Waals surface area (Å²) in [5.41, 5.74) is -0.326. The van der Waals surface area contributed by atoms with Crippen LogP contribution in [0.4, 0.5) is 0 Å². The molecule has 2 rings (SSSR count). The van der Waals surface area contributed by atoms with E-state index in [0.29, 0.717) is 16.4 Å². The van der Waals surface area contributed by atoms with Crippen molar-refractivity contribution < 1.29 is 9.90 Å². The second-order valence-electron chi connectivity index (χ2n) is 4.97. The fraction of sp³-hybridized carbons (Fsp3) is 0.333. The Morgan fingerprint density at radius 3 is 2.80 bits per heavy atom. The Morgan fingerprint density at radius 1 is 1.50 bits per heavy atom. The monoisotopic (exact) mass is 358 g/mol. The van der Waals surface area contributed by atoms with Crippen molar-refractivity contribution in [3.8, 4) is 11.4 Å². The minimum atomic E-state index is -0.980. The molecule has 0 saturated heterocycles. The van der Waals surface area contributed by atoms with Crippen LogP contribution in [-0.4, -0.2) is 31.3 Å². The molecule has 1 N–H and O–H groups in total. The normalized spacial score (nSPS) is 11.6. The second-order valence-corrected chi connectivity index (χ2v) is 6.30.